The largest absolute Gasteiger partial charge is 0.447 e. The molecule has 0 N–H and O–H groups in total. The molecule has 0 atom stereocenters. The maximum Gasteiger partial charge on any atom is 0.411 e. The van der Waals surface area contributed by atoms with Crippen LogP contribution in [0.3, 0.4) is 0 Å². The predicted octanol–water partition coefficient (Wildman–Crippen LogP) is 1.79. The molecule has 0 aliphatic carbocycles. The fraction of sp³-hybridized carbons (Fsp3) is 0.889. The zero-order valence-electron chi connectivity index (χ0n) is 9.08. The van der Waals surface area contributed by atoms with E-state index in [0.717, 1.165) is 0 Å². The van der Waals surface area contributed by atoms with Gasteiger partial charge in [0, 0.05) is 0 Å². The zero-order valence-corrected chi connectivity index (χ0v) is 9.08. The summed E-state index contributed by atoms with van der Waals surface area (Å²) < 4.78 is 44.7. The molecule has 0 aromatic rings. The Labute approximate surface area is 91.3 Å². The third-order valence-electron chi connectivity index (χ3n) is 1.93. The van der Waals surface area contributed by atoms with Crippen LogP contribution in [0.25, 0.3) is 0 Å². The smallest absolute Gasteiger partial charge is 0.411 e. The number of hydrogen-bond acceptors (Lipinski definition) is 3. The number of hydrogen-bond donors (Lipinski definition) is 0. The molecule has 1 heterocycles. The van der Waals surface area contributed by atoms with E-state index in [-0.39, 0.29) is 19.2 Å². The van der Waals surface area contributed by atoms with Crippen LogP contribution in [0.4, 0.5) is 18.0 Å². The molecule has 94 valence electrons. The summed E-state index contributed by atoms with van der Waals surface area (Å²) in [5.74, 6) is 0. The SMILES string of the molecule is CC(C)OC(=O)N1CC(OCC(F)(F)F)C1. The fourth-order valence-electron chi connectivity index (χ4n) is 1.18. The molecule has 1 rings (SSSR count). The van der Waals surface area contributed by atoms with Gasteiger partial charge in [-0.1, -0.05) is 0 Å². The second kappa shape index (κ2) is 4.90. The number of alkyl halides is 3. The number of rotatable bonds is 3. The van der Waals surface area contributed by atoms with Gasteiger partial charge in [0.1, 0.15) is 6.61 Å². The first-order valence-electron chi connectivity index (χ1n) is 4.92. The number of ether oxygens (including phenoxy) is 2. The lowest BCUT2D eigenvalue weighted by atomic mass is 10.2. The van der Waals surface area contributed by atoms with Crippen LogP contribution in [0.2, 0.25) is 0 Å². The second-order valence-corrected chi connectivity index (χ2v) is 3.89. The third-order valence-corrected chi connectivity index (χ3v) is 1.93. The van der Waals surface area contributed by atoms with E-state index in [1.807, 2.05) is 0 Å². The Morgan fingerprint density at radius 1 is 1.44 bits per heavy atom. The molecule has 0 aromatic heterocycles. The quantitative estimate of drug-likeness (QED) is 0.756. The fourth-order valence-corrected chi connectivity index (χ4v) is 1.18. The highest BCUT2D eigenvalue weighted by Gasteiger charge is 2.36. The second-order valence-electron chi connectivity index (χ2n) is 3.89. The number of carbonyl (C=O) groups excluding carboxylic acids is 1. The average molecular weight is 241 g/mol. The topological polar surface area (TPSA) is 38.8 Å². The number of halogens is 3. The predicted molar refractivity (Wildman–Crippen MR) is 49.0 cm³/mol. The molecule has 1 amide bonds. The van der Waals surface area contributed by atoms with Crippen molar-refractivity contribution in [3.05, 3.63) is 0 Å². The maximum atomic E-state index is 11.8. The van der Waals surface area contributed by atoms with Crippen molar-refractivity contribution >= 4 is 6.09 Å². The Kier molecular flexibility index (Phi) is 4.01. The summed E-state index contributed by atoms with van der Waals surface area (Å²) >= 11 is 0. The summed E-state index contributed by atoms with van der Waals surface area (Å²) in [6, 6.07) is 0. The van der Waals surface area contributed by atoms with Gasteiger partial charge in [-0.3, -0.25) is 0 Å². The van der Waals surface area contributed by atoms with Gasteiger partial charge < -0.3 is 14.4 Å². The Morgan fingerprint density at radius 2 is 2.00 bits per heavy atom. The number of carbonyl (C=O) groups is 1. The van der Waals surface area contributed by atoms with Crippen LogP contribution in [0.15, 0.2) is 0 Å². The van der Waals surface area contributed by atoms with E-state index in [2.05, 4.69) is 4.74 Å². The summed E-state index contributed by atoms with van der Waals surface area (Å²) in [7, 11) is 0. The van der Waals surface area contributed by atoms with Crippen molar-refractivity contribution in [3.63, 3.8) is 0 Å². The molecule has 0 aromatic carbocycles. The molecule has 0 radical (unpaired) electrons. The Morgan fingerprint density at radius 3 is 2.44 bits per heavy atom. The Balaban J connectivity index is 2.15. The van der Waals surface area contributed by atoms with Crippen molar-refractivity contribution in [1.82, 2.24) is 4.90 Å². The van der Waals surface area contributed by atoms with Gasteiger partial charge in [-0.2, -0.15) is 13.2 Å². The summed E-state index contributed by atoms with van der Waals surface area (Å²) in [4.78, 5) is 12.5. The molecule has 0 spiro atoms. The maximum absolute atomic E-state index is 11.8. The van der Waals surface area contributed by atoms with Crippen LogP contribution in [0, 0.1) is 0 Å². The molecule has 7 heteroatoms. The highest BCUT2D eigenvalue weighted by Crippen LogP contribution is 2.19. The van der Waals surface area contributed by atoms with E-state index in [0.29, 0.717) is 0 Å². The van der Waals surface area contributed by atoms with Gasteiger partial charge in [-0.15, -0.1) is 0 Å². The number of amides is 1. The van der Waals surface area contributed by atoms with Crippen molar-refractivity contribution in [2.45, 2.75) is 32.2 Å². The van der Waals surface area contributed by atoms with Crippen LogP contribution in [-0.2, 0) is 9.47 Å². The molecular weight excluding hydrogens is 227 g/mol. The van der Waals surface area contributed by atoms with E-state index >= 15 is 0 Å². The molecule has 4 nitrogen and oxygen atoms in total. The van der Waals surface area contributed by atoms with Crippen molar-refractivity contribution < 1.29 is 27.4 Å². The van der Waals surface area contributed by atoms with E-state index in [1.165, 1.54) is 4.90 Å². The zero-order chi connectivity index (χ0) is 12.3. The molecular formula is C9H14F3NO3. The highest BCUT2D eigenvalue weighted by molar-refractivity contribution is 5.68. The van der Waals surface area contributed by atoms with Gasteiger partial charge in [0.25, 0.3) is 0 Å². The molecule has 1 saturated heterocycles. The normalized spacial score (nSPS) is 17.5. The monoisotopic (exact) mass is 241 g/mol. The minimum atomic E-state index is -4.32. The third kappa shape index (κ3) is 4.26. The van der Waals surface area contributed by atoms with Gasteiger partial charge >= 0.3 is 12.3 Å². The van der Waals surface area contributed by atoms with E-state index < -0.39 is 25.0 Å². The lowest BCUT2D eigenvalue weighted by molar-refractivity contribution is -0.197. The molecule has 16 heavy (non-hydrogen) atoms. The van der Waals surface area contributed by atoms with E-state index in [9.17, 15) is 18.0 Å². The number of likely N-dealkylation sites (tertiary alicyclic amines) is 1. The first-order chi connectivity index (χ1) is 7.28. The van der Waals surface area contributed by atoms with Gasteiger partial charge in [0.2, 0.25) is 0 Å². The highest BCUT2D eigenvalue weighted by atomic mass is 19.4. The van der Waals surface area contributed by atoms with Crippen molar-refractivity contribution in [1.29, 1.82) is 0 Å². The summed E-state index contributed by atoms with van der Waals surface area (Å²) in [6.45, 7) is 2.44. The summed E-state index contributed by atoms with van der Waals surface area (Å²) in [6.07, 6.45) is -5.61. The first-order valence-corrected chi connectivity index (χ1v) is 4.92. The lowest BCUT2D eigenvalue weighted by Crippen LogP contribution is -2.55. The minimum absolute atomic E-state index is 0.154. The molecule has 0 bridgehead atoms. The Hall–Kier alpha value is -0.980. The first kappa shape index (κ1) is 13.1. The van der Waals surface area contributed by atoms with Gasteiger partial charge in [0.05, 0.1) is 25.3 Å². The van der Waals surface area contributed by atoms with Crippen molar-refractivity contribution in [2.24, 2.45) is 0 Å². The molecule has 0 saturated carbocycles. The average Bonchev–Trinajstić information content (AvgIpc) is 1.96. The Bertz CT molecular complexity index is 249. The molecule has 1 aliphatic heterocycles. The minimum Gasteiger partial charge on any atom is -0.447 e. The number of nitrogens with zero attached hydrogens (tertiary/aromatic N) is 1. The molecule has 1 aliphatic rings. The molecule has 0 unspecified atom stereocenters. The van der Waals surface area contributed by atoms with Crippen LogP contribution in [0.1, 0.15) is 13.8 Å². The van der Waals surface area contributed by atoms with Crippen LogP contribution in [-0.4, -0.2) is 49.1 Å². The van der Waals surface area contributed by atoms with Crippen LogP contribution in [0.5, 0.6) is 0 Å². The van der Waals surface area contributed by atoms with Crippen LogP contribution >= 0.6 is 0 Å². The van der Waals surface area contributed by atoms with Crippen molar-refractivity contribution in [2.75, 3.05) is 19.7 Å². The van der Waals surface area contributed by atoms with Gasteiger partial charge in [0.15, 0.2) is 0 Å². The standard InChI is InChI=1S/C9H14F3NO3/c1-6(2)16-8(14)13-3-7(4-13)15-5-9(10,11)12/h6-7H,3-5H2,1-2H3. The van der Waals surface area contributed by atoms with Crippen molar-refractivity contribution in [3.8, 4) is 0 Å². The summed E-state index contributed by atoms with van der Waals surface area (Å²) in [5.41, 5.74) is 0. The van der Waals surface area contributed by atoms with Crippen LogP contribution < -0.4 is 0 Å². The van der Waals surface area contributed by atoms with Gasteiger partial charge in [-0.05, 0) is 13.8 Å². The lowest BCUT2D eigenvalue weighted by Gasteiger charge is -2.38. The van der Waals surface area contributed by atoms with Gasteiger partial charge in [-0.25, -0.2) is 4.79 Å². The van der Waals surface area contributed by atoms with E-state index in [4.69, 9.17) is 4.74 Å². The summed E-state index contributed by atoms with van der Waals surface area (Å²) in [5, 5.41) is 0. The van der Waals surface area contributed by atoms with E-state index in [1.54, 1.807) is 13.8 Å². The molecule has 1 fully saturated rings.